The molecule has 0 aliphatic carbocycles. The smallest absolute Gasteiger partial charge is 0.251 e. The summed E-state index contributed by atoms with van der Waals surface area (Å²) < 4.78 is 7.25. The highest BCUT2D eigenvalue weighted by Crippen LogP contribution is 2.26. The van der Waals surface area contributed by atoms with Crippen molar-refractivity contribution in [2.75, 3.05) is 0 Å². The Morgan fingerprint density at radius 3 is 2.81 bits per heavy atom. The number of carbonyl (C=O) groups excluding carboxylic acids is 1. The zero-order valence-electron chi connectivity index (χ0n) is 13.9. The van der Waals surface area contributed by atoms with E-state index in [2.05, 4.69) is 15.5 Å². The van der Waals surface area contributed by atoms with Crippen LogP contribution in [0, 0.1) is 6.92 Å². The molecule has 1 N–H and O–H groups in total. The van der Waals surface area contributed by atoms with Gasteiger partial charge in [-0.05, 0) is 43.3 Å². The molecule has 0 aliphatic rings. The van der Waals surface area contributed by atoms with E-state index in [1.165, 1.54) is 0 Å². The molecule has 0 spiro atoms. The van der Waals surface area contributed by atoms with Crippen LogP contribution in [0.2, 0.25) is 5.02 Å². The molecule has 0 bridgehead atoms. The summed E-state index contributed by atoms with van der Waals surface area (Å²) in [5.41, 5.74) is 1.85. The van der Waals surface area contributed by atoms with Crippen LogP contribution in [0.3, 0.4) is 0 Å². The van der Waals surface area contributed by atoms with E-state index < -0.39 is 0 Å². The lowest BCUT2D eigenvalue weighted by Gasteiger charge is -2.05. The maximum atomic E-state index is 12.4. The van der Waals surface area contributed by atoms with Crippen molar-refractivity contribution >= 4 is 23.2 Å². The molecule has 3 aromatic heterocycles. The molecule has 3 heterocycles. The number of amides is 1. The molecule has 0 saturated carbocycles. The Hall–Kier alpha value is -3.12. The number of fused-ring (bicyclic) bond motifs is 1. The minimum absolute atomic E-state index is 0.205. The molecule has 0 saturated heterocycles. The number of aryl methyl sites for hydroxylation is 1. The third kappa shape index (κ3) is 3.07. The molecule has 1 aromatic carbocycles. The third-order valence-corrected chi connectivity index (χ3v) is 4.34. The Morgan fingerprint density at radius 1 is 1.19 bits per heavy atom. The van der Waals surface area contributed by atoms with Gasteiger partial charge in [0.1, 0.15) is 11.5 Å². The van der Waals surface area contributed by atoms with Crippen LogP contribution in [0.25, 0.3) is 17.0 Å². The maximum Gasteiger partial charge on any atom is 0.251 e. The quantitative estimate of drug-likeness (QED) is 0.595. The number of nitrogens with zero attached hydrogens (tertiary/aromatic N) is 3. The van der Waals surface area contributed by atoms with E-state index in [0.717, 1.165) is 11.3 Å². The normalized spacial score (nSPS) is 11.0. The van der Waals surface area contributed by atoms with Gasteiger partial charge >= 0.3 is 0 Å². The number of pyridine rings is 1. The Morgan fingerprint density at radius 2 is 2.04 bits per heavy atom. The van der Waals surface area contributed by atoms with Crippen molar-refractivity contribution in [1.82, 2.24) is 19.9 Å². The van der Waals surface area contributed by atoms with Crippen molar-refractivity contribution in [2.45, 2.75) is 13.5 Å². The van der Waals surface area contributed by atoms with Gasteiger partial charge in [0, 0.05) is 17.3 Å². The van der Waals surface area contributed by atoms with Crippen molar-refractivity contribution in [3.05, 3.63) is 76.8 Å². The molecule has 6 nitrogen and oxygen atoms in total. The van der Waals surface area contributed by atoms with E-state index in [-0.39, 0.29) is 5.91 Å². The van der Waals surface area contributed by atoms with E-state index >= 15 is 0 Å². The van der Waals surface area contributed by atoms with Crippen LogP contribution >= 0.6 is 11.6 Å². The van der Waals surface area contributed by atoms with Gasteiger partial charge in [0.25, 0.3) is 5.91 Å². The largest absolute Gasteiger partial charge is 0.465 e. The van der Waals surface area contributed by atoms with E-state index in [1.807, 2.05) is 37.3 Å². The monoisotopic (exact) mass is 366 g/mol. The molecule has 0 atom stereocenters. The molecule has 0 fully saturated rings. The Kier molecular flexibility index (Phi) is 4.18. The molecule has 4 aromatic rings. The molecule has 0 aliphatic heterocycles. The lowest BCUT2D eigenvalue weighted by molar-refractivity contribution is 0.0948. The van der Waals surface area contributed by atoms with Gasteiger partial charge in [-0.15, -0.1) is 10.2 Å². The molecular weight excluding hydrogens is 352 g/mol. The second kappa shape index (κ2) is 6.65. The lowest BCUT2D eigenvalue weighted by Crippen LogP contribution is -2.22. The summed E-state index contributed by atoms with van der Waals surface area (Å²) in [6, 6.07) is 14.5. The molecular formula is C19H15ClN4O2. The summed E-state index contributed by atoms with van der Waals surface area (Å²) in [4.78, 5) is 12.4. The summed E-state index contributed by atoms with van der Waals surface area (Å²) >= 11 is 6.24. The fourth-order valence-electron chi connectivity index (χ4n) is 2.71. The SMILES string of the molecule is Cc1ccc(CNC(=O)c2ccn3c(-c4ccccc4Cl)nnc3c2)o1. The summed E-state index contributed by atoms with van der Waals surface area (Å²) in [5, 5.41) is 11.8. The van der Waals surface area contributed by atoms with Crippen molar-refractivity contribution < 1.29 is 9.21 Å². The molecule has 7 heteroatoms. The Bertz CT molecular complexity index is 1100. The first-order chi connectivity index (χ1) is 12.6. The summed E-state index contributed by atoms with van der Waals surface area (Å²) in [6.45, 7) is 2.19. The predicted molar refractivity (Wildman–Crippen MR) is 98.0 cm³/mol. The summed E-state index contributed by atoms with van der Waals surface area (Å²) in [7, 11) is 0. The standard InChI is InChI=1S/C19H15ClN4O2/c1-12-6-7-14(26-12)11-21-19(25)13-8-9-24-17(10-13)22-23-18(24)15-4-2-3-5-16(15)20/h2-10H,11H2,1H3,(H,21,25). The third-order valence-electron chi connectivity index (χ3n) is 4.01. The van der Waals surface area contributed by atoms with Gasteiger partial charge in [-0.1, -0.05) is 23.7 Å². The molecule has 26 heavy (non-hydrogen) atoms. The number of carbonyl (C=O) groups is 1. The van der Waals surface area contributed by atoms with Gasteiger partial charge in [0.2, 0.25) is 0 Å². The second-order valence-electron chi connectivity index (χ2n) is 5.84. The molecule has 1 amide bonds. The Balaban J connectivity index is 1.58. The highest BCUT2D eigenvalue weighted by Gasteiger charge is 2.13. The van der Waals surface area contributed by atoms with Crippen LogP contribution in [-0.4, -0.2) is 20.5 Å². The average molecular weight is 367 g/mol. The second-order valence-corrected chi connectivity index (χ2v) is 6.25. The highest BCUT2D eigenvalue weighted by atomic mass is 35.5. The van der Waals surface area contributed by atoms with Gasteiger partial charge in [-0.3, -0.25) is 9.20 Å². The van der Waals surface area contributed by atoms with Gasteiger partial charge in [-0.2, -0.15) is 0 Å². The fourth-order valence-corrected chi connectivity index (χ4v) is 2.93. The molecule has 0 radical (unpaired) electrons. The first-order valence-corrected chi connectivity index (χ1v) is 8.43. The van der Waals surface area contributed by atoms with Crippen LogP contribution in [-0.2, 0) is 6.54 Å². The number of rotatable bonds is 4. The number of aromatic nitrogens is 3. The zero-order chi connectivity index (χ0) is 18.1. The van der Waals surface area contributed by atoms with E-state index in [4.69, 9.17) is 16.0 Å². The Labute approximate surface area is 154 Å². The number of halogens is 1. The first kappa shape index (κ1) is 16.4. The minimum atomic E-state index is -0.205. The van der Waals surface area contributed by atoms with Crippen LogP contribution in [0.5, 0.6) is 0 Å². The van der Waals surface area contributed by atoms with Gasteiger partial charge in [0.15, 0.2) is 11.5 Å². The predicted octanol–water partition coefficient (Wildman–Crippen LogP) is 3.88. The summed E-state index contributed by atoms with van der Waals surface area (Å²) in [5.74, 6) is 1.94. The zero-order valence-corrected chi connectivity index (χ0v) is 14.7. The van der Waals surface area contributed by atoms with Gasteiger partial charge < -0.3 is 9.73 Å². The maximum absolute atomic E-state index is 12.4. The van der Waals surface area contributed by atoms with E-state index in [0.29, 0.717) is 34.4 Å². The van der Waals surface area contributed by atoms with Crippen LogP contribution in [0.15, 0.2) is 59.1 Å². The van der Waals surface area contributed by atoms with Crippen molar-refractivity contribution in [3.8, 4) is 11.4 Å². The van der Waals surface area contributed by atoms with Crippen molar-refractivity contribution in [2.24, 2.45) is 0 Å². The number of furan rings is 1. The van der Waals surface area contributed by atoms with Crippen LogP contribution in [0.1, 0.15) is 21.9 Å². The molecule has 4 rings (SSSR count). The minimum Gasteiger partial charge on any atom is -0.465 e. The van der Waals surface area contributed by atoms with Crippen molar-refractivity contribution in [3.63, 3.8) is 0 Å². The molecule has 0 unspecified atom stereocenters. The number of benzene rings is 1. The van der Waals surface area contributed by atoms with Gasteiger partial charge in [-0.25, -0.2) is 0 Å². The summed E-state index contributed by atoms with van der Waals surface area (Å²) in [6.07, 6.45) is 1.76. The van der Waals surface area contributed by atoms with Crippen LogP contribution < -0.4 is 5.32 Å². The molecule has 130 valence electrons. The number of hydrogen-bond acceptors (Lipinski definition) is 4. The highest BCUT2D eigenvalue weighted by molar-refractivity contribution is 6.33. The lowest BCUT2D eigenvalue weighted by atomic mass is 10.2. The van der Waals surface area contributed by atoms with Crippen LogP contribution in [0.4, 0.5) is 0 Å². The first-order valence-electron chi connectivity index (χ1n) is 8.05. The number of nitrogens with one attached hydrogen (secondary N) is 1. The number of hydrogen-bond donors (Lipinski definition) is 1. The van der Waals surface area contributed by atoms with Gasteiger partial charge in [0.05, 0.1) is 11.6 Å². The average Bonchev–Trinajstić information content (AvgIpc) is 3.25. The van der Waals surface area contributed by atoms with E-state index in [1.54, 1.807) is 28.8 Å². The fraction of sp³-hybridized carbons (Fsp3) is 0.105. The van der Waals surface area contributed by atoms with Crippen molar-refractivity contribution in [1.29, 1.82) is 0 Å². The topological polar surface area (TPSA) is 72.4 Å². The van der Waals surface area contributed by atoms with E-state index in [9.17, 15) is 4.79 Å².